The highest BCUT2D eigenvalue weighted by molar-refractivity contribution is 5.85. The third-order valence-electron chi connectivity index (χ3n) is 3.57. The van der Waals surface area contributed by atoms with E-state index in [0.717, 1.165) is 5.56 Å². The molecule has 1 fully saturated rings. The van der Waals surface area contributed by atoms with Gasteiger partial charge in [0.05, 0.1) is 0 Å². The van der Waals surface area contributed by atoms with E-state index in [-0.39, 0.29) is 31.8 Å². The van der Waals surface area contributed by atoms with Crippen molar-refractivity contribution in [2.24, 2.45) is 5.73 Å². The van der Waals surface area contributed by atoms with Crippen molar-refractivity contribution in [3.05, 3.63) is 35.9 Å². The Kier molecular flexibility index (Phi) is 4.00. The molecule has 1 aliphatic rings. The van der Waals surface area contributed by atoms with E-state index in [4.69, 9.17) is 5.73 Å². The zero-order valence-corrected chi connectivity index (χ0v) is 10.4. The lowest BCUT2D eigenvalue weighted by Crippen LogP contribution is -2.64. The van der Waals surface area contributed by atoms with Crippen LogP contribution in [0, 0.1) is 0 Å². The third-order valence-corrected chi connectivity index (χ3v) is 3.57. The molecule has 0 saturated heterocycles. The van der Waals surface area contributed by atoms with Crippen molar-refractivity contribution < 1.29 is 18.3 Å². The zero-order valence-electron chi connectivity index (χ0n) is 9.57. The lowest BCUT2D eigenvalue weighted by Gasteiger charge is -2.53. The van der Waals surface area contributed by atoms with Gasteiger partial charge in [0.2, 0.25) is 0 Å². The van der Waals surface area contributed by atoms with E-state index in [2.05, 4.69) is 0 Å². The number of hydrogen-bond donors (Lipinski definition) is 2. The van der Waals surface area contributed by atoms with Crippen LogP contribution in [0.3, 0.4) is 0 Å². The Hall–Kier alpha value is -0.780. The number of aliphatic hydroxyl groups is 1. The van der Waals surface area contributed by atoms with Gasteiger partial charge in [-0.1, -0.05) is 30.3 Å². The Morgan fingerprint density at radius 2 is 1.67 bits per heavy atom. The van der Waals surface area contributed by atoms with Gasteiger partial charge in [0, 0.05) is 12.0 Å². The molecule has 18 heavy (non-hydrogen) atoms. The minimum absolute atomic E-state index is 0. The Balaban J connectivity index is 0.00000162. The number of halogens is 4. The highest BCUT2D eigenvalue weighted by Crippen LogP contribution is 2.56. The molecule has 0 amide bonds. The average Bonchev–Trinajstić information content (AvgIpc) is 2.24. The fraction of sp³-hybridized carbons (Fsp3) is 0.500. The van der Waals surface area contributed by atoms with E-state index in [9.17, 15) is 18.3 Å². The van der Waals surface area contributed by atoms with Gasteiger partial charge in [0.25, 0.3) is 0 Å². The van der Waals surface area contributed by atoms with Crippen molar-refractivity contribution >= 4 is 12.4 Å². The summed E-state index contributed by atoms with van der Waals surface area (Å²) in [4.78, 5) is 0. The first-order chi connectivity index (χ1) is 7.83. The molecule has 1 aromatic carbocycles. The van der Waals surface area contributed by atoms with Gasteiger partial charge in [0.15, 0.2) is 5.60 Å². The summed E-state index contributed by atoms with van der Waals surface area (Å²) in [5.41, 5.74) is 3.02. The molecule has 1 saturated carbocycles. The first-order valence-corrected chi connectivity index (χ1v) is 5.38. The van der Waals surface area contributed by atoms with Crippen molar-refractivity contribution in [2.75, 3.05) is 6.54 Å². The molecular formula is C12H15ClF3NO. The molecule has 0 atom stereocenters. The van der Waals surface area contributed by atoms with Crippen molar-refractivity contribution in [1.82, 2.24) is 0 Å². The van der Waals surface area contributed by atoms with Crippen LogP contribution in [0.4, 0.5) is 13.2 Å². The van der Waals surface area contributed by atoms with Crippen LogP contribution < -0.4 is 5.73 Å². The van der Waals surface area contributed by atoms with E-state index < -0.39 is 17.2 Å². The predicted octanol–water partition coefficient (Wildman–Crippen LogP) is 2.39. The van der Waals surface area contributed by atoms with Crippen LogP contribution in [0.25, 0.3) is 0 Å². The van der Waals surface area contributed by atoms with Crippen molar-refractivity contribution in [3.63, 3.8) is 0 Å². The Morgan fingerprint density at radius 1 is 1.17 bits per heavy atom. The molecule has 0 aromatic heterocycles. The summed E-state index contributed by atoms with van der Waals surface area (Å²) in [6, 6.07) is 8.82. The summed E-state index contributed by atoms with van der Waals surface area (Å²) in [5, 5.41) is 9.49. The minimum Gasteiger partial charge on any atom is -0.380 e. The van der Waals surface area contributed by atoms with Gasteiger partial charge in [-0.3, -0.25) is 0 Å². The molecule has 3 N–H and O–H groups in total. The summed E-state index contributed by atoms with van der Waals surface area (Å²) in [7, 11) is 0. The lowest BCUT2D eigenvalue weighted by molar-refractivity contribution is -0.303. The maximum Gasteiger partial charge on any atom is 0.417 e. The van der Waals surface area contributed by atoms with Gasteiger partial charge in [-0.2, -0.15) is 13.2 Å². The lowest BCUT2D eigenvalue weighted by atomic mass is 9.55. The molecule has 0 heterocycles. The molecule has 0 spiro atoms. The van der Waals surface area contributed by atoms with E-state index in [1.807, 2.05) is 0 Å². The van der Waals surface area contributed by atoms with Crippen LogP contribution in [0.1, 0.15) is 18.4 Å². The van der Waals surface area contributed by atoms with Crippen molar-refractivity contribution in [3.8, 4) is 0 Å². The van der Waals surface area contributed by atoms with E-state index >= 15 is 0 Å². The topological polar surface area (TPSA) is 46.2 Å². The number of hydrogen-bond acceptors (Lipinski definition) is 2. The molecule has 2 rings (SSSR count). The van der Waals surface area contributed by atoms with Crippen LogP contribution in [0.2, 0.25) is 0 Å². The van der Waals surface area contributed by atoms with Gasteiger partial charge in [-0.15, -0.1) is 12.4 Å². The van der Waals surface area contributed by atoms with E-state index in [1.54, 1.807) is 30.3 Å². The summed E-state index contributed by atoms with van der Waals surface area (Å²) in [6.45, 7) is 0.107. The second kappa shape index (κ2) is 4.72. The summed E-state index contributed by atoms with van der Waals surface area (Å²) < 4.78 is 37.8. The second-order valence-corrected chi connectivity index (χ2v) is 4.73. The fourth-order valence-corrected chi connectivity index (χ4v) is 2.53. The molecule has 1 aliphatic carbocycles. The molecule has 102 valence electrons. The highest BCUT2D eigenvalue weighted by Gasteiger charge is 2.66. The standard InChI is InChI=1S/C12H14F3NO.ClH/c13-12(14,15)11(17)6-10(7-11,8-16)9-4-2-1-3-5-9;/h1-5,17H,6-8,16H2;1H. The van der Waals surface area contributed by atoms with Crippen LogP contribution in [0.15, 0.2) is 30.3 Å². The van der Waals surface area contributed by atoms with Crippen molar-refractivity contribution in [1.29, 1.82) is 0 Å². The Labute approximate surface area is 109 Å². The number of benzene rings is 1. The second-order valence-electron chi connectivity index (χ2n) is 4.73. The van der Waals surface area contributed by atoms with Gasteiger partial charge in [0.1, 0.15) is 0 Å². The van der Waals surface area contributed by atoms with Gasteiger partial charge >= 0.3 is 6.18 Å². The number of alkyl halides is 3. The van der Waals surface area contributed by atoms with E-state index in [1.165, 1.54) is 0 Å². The summed E-state index contributed by atoms with van der Waals surface area (Å²) in [6.07, 6.45) is -5.30. The molecular weight excluding hydrogens is 267 g/mol. The van der Waals surface area contributed by atoms with Crippen LogP contribution >= 0.6 is 12.4 Å². The molecule has 0 aliphatic heterocycles. The Morgan fingerprint density at radius 3 is 2.06 bits per heavy atom. The predicted molar refractivity (Wildman–Crippen MR) is 64.7 cm³/mol. The molecule has 0 unspecified atom stereocenters. The maximum absolute atomic E-state index is 12.6. The quantitative estimate of drug-likeness (QED) is 0.874. The summed E-state index contributed by atoms with van der Waals surface area (Å²) in [5.74, 6) is 0. The maximum atomic E-state index is 12.6. The first kappa shape index (κ1) is 15.3. The highest BCUT2D eigenvalue weighted by atomic mass is 35.5. The molecule has 1 aromatic rings. The molecule has 0 bridgehead atoms. The smallest absolute Gasteiger partial charge is 0.380 e. The van der Waals surface area contributed by atoms with E-state index in [0.29, 0.717) is 0 Å². The van der Waals surface area contributed by atoms with Crippen LogP contribution in [-0.2, 0) is 5.41 Å². The molecule has 0 radical (unpaired) electrons. The number of nitrogens with two attached hydrogens (primary N) is 1. The fourth-order valence-electron chi connectivity index (χ4n) is 2.53. The van der Waals surface area contributed by atoms with Gasteiger partial charge in [-0.25, -0.2) is 0 Å². The zero-order chi connectivity index (χ0) is 12.7. The monoisotopic (exact) mass is 281 g/mol. The Bertz CT molecular complexity index is 402. The van der Waals surface area contributed by atoms with Gasteiger partial charge in [-0.05, 0) is 18.4 Å². The SMILES string of the molecule is Cl.NCC1(c2ccccc2)CC(O)(C(F)(F)F)C1. The van der Waals surface area contributed by atoms with Crippen molar-refractivity contribution in [2.45, 2.75) is 30.0 Å². The number of rotatable bonds is 2. The average molecular weight is 282 g/mol. The molecule has 6 heteroatoms. The molecule has 2 nitrogen and oxygen atoms in total. The minimum atomic E-state index is -4.58. The first-order valence-electron chi connectivity index (χ1n) is 5.38. The largest absolute Gasteiger partial charge is 0.417 e. The van der Waals surface area contributed by atoms with Gasteiger partial charge < -0.3 is 10.8 Å². The third kappa shape index (κ3) is 2.22. The van der Waals surface area contributed by atoms with Crippen LogP contribution in [-0.4, -0.2) is 23.4 Å². The normalized spacial score (nSPS) is 31.4. The summed E-state index contributed by atoms with van der Waals surface area (Å²) >= 11 is 0. The van der Waals surface area contributed by atoms with Crippen LogP contribution in [0.5, 0.6) is 0 Å².